The summed E-state index contributed by atoms with van der Waals surface area (Å²) in [5.74, 6) is -2.26. The third-order valence-electron chi connectivity index (χ3n) is 6.77. The van der Waals surface area contributed by atoms with Crippen molar-refractivity contribution in [2.75, 3.05) is 19.6 Å². The molecular formula is C26H34FN3O5S. The zero-order valence-electron chi connectivity index (χ0n) is 20.6. The van der Waals surface area contributed by atoms with E-state index in [0.717, 1.165) is 29.8 Å². The molecule has 8 nitrogen and oxygen atoms in total. The van der Waals surface area contributed by atoms with Crippen LogP contribution in [0.3, 0.4) is 0 Å². The lowest BCUT2D eigenvalue weighted by molar-refractivity contribution is -0.149. The first kappa shape index (κ1) is 27.8. The highest BCUT2D eigenvalue weighted by Crippen LogP contribution is 2.46. The third kappa shape index (κ3) is 6.48. The molecule has 1 unspecified atom stereocenters. The molecule has 36 heavy (non-hydrogen) atoms. The van der Waals surface area contributed by atoms with Crippen LogP contribution in [-0.2, 0) is 26.0 Å². The summed E-state index contributed by atoms with van der Waals surface area (Å²) in [5.41, 5.74) is 1.74. The van der Waals surface area contributed by atoms with Crippen LogP contribution in [0.25, 0.3) is 0 Å². The fourth-order valence-corrected chi connectivity index (χ4v) is 6.18. The van der Waals surface area contributed by atoms with E-state index in [4.69, 9.17) is 0 Å². The van der Waals surface area contributed by atoms with Gasteiger partial charge in [0.2, 0.25) is 21.8 Å². The maximum atomic E-state index is 13.7. The van der Waals surface area contributed by atoms with Crippen LogP contribution in [0.1, 0.15) is 38.7 Å². The van der Waals surface area contributed by atoms with Crippen LogP contribution in [0.4, 0.5) is 4.39 Å². The Hall–Kier alpha value is -2.82. The number of carbonyl (C=O) groups is 2. The van der Waals surface area contributed by atoms with Crippen molar-refractivity contribution in [2.24, 2.45) is 17.3 Å². The van der Waals surface area contributed by atoms with E-state index in [-0.39, 0.29) is 29.7 Å². The lowest BCUT2D eigenvalue weighted by Crippen LogP contribution is -2.48. The number of hydroxylamine groups is 1. The number of halogens is 1. The highest BCUT2D eigenvalue weighted by atomic mass is 32.2. The number of carbonyl (C=O) groups excluding carboxylic acids is 2. The molecule has 2 aromatic carbocycles. The van der Waals surface area contributed by atoms with Crippen LogP contribution in [0.15, 0.2) is 59.5 Å². The molecule has 1 aliphatic rings. The maximum Gasteiger partial charge on any atom is 0.247 e. The third-order valence-corrected chi connectivity index (χ3v) is 8.25. The molecule has 1 saturated heterocycles. The molecule has 2 amide bonds. The Labute approximate surface area is 211 Å². The largest absolute Gasteiger partial charge is 0.342 e. The normalized spacial score (nSPS) is 19.0. The zero-order valence-corrected chi connectivity index (χ0v) is 21.4. The van der Waals surface area contributed by atoms with E-state index in [1.165, 1.54) is 0 Å². The monoisotopic (exact) mass is 519 g/mol. The highest BCUT2D eigenvalue weighted by Gasteiger charge is 2.54. The molecule has 0 bridgehead atoms. The summed E-state index contributed by atoms with van der Waals surface area (Å²) in [4.78, 5) is 28.2. The molecule has 1 aliphatic heterocycles. The zero-order chi connectivity index (χ0) is 26.3. The minimum absolute atomic E-state index is 0.0117. The second-order valence-electron chi connectivity index (χ2n) is 9.70. The molecule has 0 spiro atoms. The van der Waals surface area contributed by atoms with E-state index in [0.29, 0.717) is 32.4 Å². The van der Waals surface area contributed by atoms with Gasteiger partial charge in [0.15, 0.2) is 0 Å². The van der Waals surface area contributed by atoms with Crippen LogP contribution < -0.4 is 10.2 Å². The van der Waals surface area contributed by atoms with Gasteiger partial charge in [0.1, 0.15) is 5.82 Å². The van der Waals surface area contributed by atoms with Crippen LogP contribution in [0.2, 0.25) is 0 Å². The average Bonchev–Trinajstić information content (AvgIpc) is 3.16. The topological polar surface area (TPSA) is 116 Å². The van der Waals surface area contributed by atoms with Gasteiger partial charge in [0, 0.05) is 19.6 Å². The molecule has 0 saturated carbocycles. The van der Waals surface area contributed by atoms with Gasteiger partial charge < -0.3 is 4.90 Å². The first-order valence-electron chi connectivity index (χ1n) is 12.1. The molecule has 196 valence electrons. The second kappa shape index (κ2) is 11.9. The van der Waals surface area contributed by atoms with Crippen molar-refractivity contribution in [3.8, 4) is 0 Å². The predicted molar refractivity (Wildman–Crippen MR) is 133 cm³/mol. The number of nitrogens with zero attached hydrogens (tertiary/aromatic N) is 1. The maximum absolute atomic E-state index is 13.7. The predicted octanol–water partition coefficient (Wildman–Crippen LogP) is 3.12. The van der Waals surface area contributed by atoms with Crippen molar-refractivity contribution >= 4 is 21.8 Å². The molecule has 0 aliphatic carbocycles. The van der Waals surface area contributed by atoms with Crippen molar-refractivity contribution < 1.29 is 27.6 Å². The van der Waals surface area contributed by atoms with E-state index in [1.807, 2.05) is 44.2 Å². The smallest absolute Gasteiger partial charge is 0.247 e. The standard InChI is InChI=1S/C26H34FN3O5S/c1-19(2)18-26(14-17-30(25(26)32)16-13-20-6-4-3-5-7-20)23(24(31)29-33)12-15-28-36(34,35)22-10-8-21(27)9-11-22/h3-11,19,23,28,33H,12-18H2,1-2H3,(H,29,31)/t23?,26-/m0/s1. The molecule has 1 fully saturated rings. The lowest BCUT2D eigenvalue weighted by Gasteiger charge is -2.36. The minimum atomic E-state index is -3.94. The Morgan fingerprint density at radius 3 is 2.42 bits per heavy atom. The molecule has 0 radical (unpaired) electrons. The second-order valence-corrected chi connectivity index (χ2v) is 11.5. The number of hydrogen-bond donors (Lipinski definition) is 3. The number of hydrogen-bond acceptors (Lipinski definition) is 5. The number of sulfonamides is 1. The Balaban J connectivity index is 1.77. The summed E-state index contributed by atoms with van der Waals surface area (Å²) >= 11 is 0. The number of nitrogens with one attached hydrogen (secondary N) is 2. The van der Waals surface area contributed by atoms with Gasteiger partial charge in [0.05, 0.1) is 16.2 Å². The fourth-order valence-electron chi connectivity index (χ4n) is 5.13. The van der Waals surface area contributed by atoms with E-state index < -0.39 is 33.1 Å². The van der Waals surface area contributed by atoms with Crippen molar-refractivity contribution in [1.82, 2.24) is 15.1 Å². The van der Waals surface area contributed by atoms with Gasteiger partial charge in [-0.15, -0.1) is 0 Å². The van der Waals surface area contributed by atoms with Gasteiger partial charge in [0.25, 0.3) is 0 Å². The molecule has 1 heterocycles. The highest BCUT2D eigenvalue weighted by molar-refractivity contribution is 7.89. The van der Waals surface area contributed by atoms with E-state index in [9.17, 15) is 27.6 Å². The van der Waals surface area contributed by atoms with Gasteiger partial charge in [-0.1, -0.05) is 44.2 Å². The molecule has 2 aromatic rings. The minimum Gasteiger partial charge on any atom is -0.342 e. The summed E-state index contributed by atoms with van der Waals surface area (Å²) in [6.07, 6.45) is 1.55. The van der Waals surface area contributed by atoms with Crippen LogP contribution in [0.5, 0.6) is 0 Å². The Kier molecular flexibility index (Phi) is 9.21. The quantitative estimate of drug-likeness (QED) is 0.294. The molecule has 3 N–H and O–H groups in total. The summed E-state index contributed by atoms with van der Waals surface area (Å²) < 4.78 is 40.9. The van der Waals surface area contributed by atoms with Crippen LogP contribution in [-0.4, -0.2) is 50.0 Å². The first-order valence-corrected chi connectivity index (χ1v) is 13.6. The molecule has 0 aromatic heterocycles. The van der Waals surface area contributed by atoms with E-state index in [2.05, 4.69) is 4.72 Å². The van der Waals surface area contributed by atoms with E-state index >= 15 is 0 Å². The van der Waals surface area contributed by atoms with Gasteiger partial charge in [-0.2, -0.15) is 0 Å². The van der Waals surface area contributed by atoms with Gasteiger partial charge in [-0.05, 0) is 61.4 Å². The summed E-state index contributed by atoms with van der Waals surface area (Å²) in [5, 5.41) is 9.48. The van der Waals surface area contributed by atoms with Crippen molar-refractivity contribution in [3.63, 3.8) is 0 Å². The SMILES string of the molecule is CC(C)C[C@]1(C(CCNS(=O)(=O)c2ccc(F)cc2)C(=O)NO)CCN(CCc2ccccc2)C1=O. The number of benzene rings is 2. The Morgan fingerprint density at radius 2 is 1.81 bits per heavy atom. The molecule has 2 atom stereocenters. The van der Waals surface area contributed by atoms with Gasteiger partial charge in [-0.25, -0.2) is 23.0 Å². The fraction of sp³-hybridized carbons (Fsp3) is 0.462. The van der Waals surface area contributed by atoms with Crippen LogP contribution >= 0.6 is 0 Å². The lowest BCUT2D eigenvalue weighted by atomic mass is 9.67. The number of amides is 2. The Morgan fingerprint density at radius 1 is 1.14 bits per heavy atom. The van der Waals surface area contributed by atoms with Gasteiger partial charge >= 0.3 is 0 Å². The number of rotatable bonds is 12. The number of likely N-dealkylation sites (tertiary alicyclic amines) is 1. The molecule has 10 heteroatoms. The van der Waals surface area contributed by atoms with E-state index in [1.54, 1.807) is 10.4 Å². The van der Waals surface area contributed by atoms with Crippen molar-refractivity contribution in [3.05, 3.63) is 66.0 Å². The summed E-state index contributed by atoms with van der Waals surface area (Å²) in [6.45, 7) is 4.79. The summed E-state index contributed by atoms with van der Waals surface area (Å²) in [6, 6.07) is 14.2. The van der Waals surface area contributed by atoms with Crippen molar-refractivity contribution in [2.45, 2.75) is 44.4 Å². The van der Waals surface area contributed by atoms with Crippen LogP contribution in [0, 0.1) is 23.1 Å². The first-order chi connectivity index (χ1) is 17.1. The van der Waals surface area contributed by atoms with Gasteiger partial charge in [-0.3, -0.25) is 14.8 Å². The Bertz CT molecular complexity index is 1140. The van der Waals surface area contributed by atoms with Crippen molar-refractivity contribution in [1.29, 1.82) is 0 Å². The molecular weight excluding hydrogens is 485 g/mol. The average molecular weight is 520 g/mol. The molecule has 3 rings (SSSR count). The summed E-state index contributed by atoms with van der Waals surface area (Å²) in [7, 11) is -3.94.